The molecule has 0 saturated heterocycles. The van der Waals surface area contributed by atoms with Gasteiger partial charge in [-0.15, -0.1) is 0 Å². The summed E-state index contributed by atoms with van der Waals surface area (Å²) >= 11 is 0. The van der Waals surface area contributed by atoms with Crippen LogP contribution in [0.4, 0.5) is 0 Å². The Morgan fingerprint density at radius 3 is 1.83 bits per heavy atom. The van der Waals surface area contributed by atoms with Gasteiger partial charge in [-0.1, -0.05) is 46.8 Å². The molecular formula is C16H26O2. The second kappa shape index (κ2) is 5.75. The van der Waals surface area contributed by atoms with Gasteiger partial charge in [0.25, 0.3) is 0 Å². The molecule has 0 aliphatic heterocycles. The lowest BCUT2D eigenvalue weighted by molar-refractivity contribution is -0.000327. The van der Waals surface area contributed by atoms with Crippen molar-refractivity contribution in [3.05, 3.63) is 29.8 Å². The lowest BCUT2D eigenvalue weighted by Gasteiger charge is -2.34. The van der Waals surface area contributed by atoms with Gasteiger partial charge in [0.2, 0.25) is 0 Å². The van der Waals surface area contributed by atoms with Gasteiger partial charge in [0.1, 0.15) is 5.75 Å². The molecule has 2 atom stereocenters. The number of rotatable bonds is 4. The average molecular weight is 250 g/mol. The maximum atomic E-state index is 9.18. The monoisotopic (exact) mass is 250 g/mol. The van der Waals surface area contributed by atoms with E-state index in [0.29, 0.717) is 17.6 Å². The highest BCUT2D eigenvalue weighted by Gasteiger charge is 2.28. The lowest BCUT2D eigenvalue weighted by Crippen LogP contribution is -2.23. The Morgan fingerprint density at radius 2 is 1.50 bits per heavy atom. The first-order chi connectivity index (χ1) is 8.21. The molecule has 1 aromatic rings. The summed E-state index contributed by atoms with van der Waals surface area (Å²) in [6.45, 7) is 13.0. The Kier molecular flexibility index (Phi) is 4.80. The van der Waals surface area contributed by atoms with Crippen LogP contribution < -0.4 is 4.74 Å². The van der Waals surface area contributed by atoms with E-state index in [1.807, 2.05) is 12.1 Å². The molecule has 0 spiro atoms. The second-order valence-corrected chi connectivity index (χ2v) is 6.37. The molecule has 102 valence electrons. The highest BCUT2D eigenvalue weighted by molar-refractivity contribution is 5.30. The van der Waals surface area contributed by atoms with Crippen LogP contribution in [-0.4, -0.2) is 11.4 Å². The van der Waals surface area contributed by atoms with Gasteiger partial charge in [-0.3, -0.25) is 0 Å². The second-order valence-electron chi connectivity index (χ2n) is 6.37. The van der Waals surface area contributed by atoms with Crippen LogP contribution >= 0.6 is 0 Å². The van der Waals surface area contributed by atoms with E-state index in [4.69, 9.17) is 4.74 Å². The van der Waals surface area contributed by atoms with Gasteiger partial charge in [-0.05, 0) is 41.9 Å². The number of ether oxygens (including phenoxy) is 1. The van der Waals surface area contributed by atoms with E-state index in [-0.39, 0.29) is 5.41 Å². The molecule has 2 unspecified atom stereocenters. The van der Waals surface area contributed by atoms with E-state index < -0.39 is 6.29 Å². The van der Waals surface area contributed by atoms with Crippen molar-refractivity contribution in [3.8, 4) is 5.75 Å². The van der Waals surface area contributed by atoms with E-state index in [1.165, 1.54) is 5.56 Å². The number of benzene rings is 1. The molecule has 1 N–H and O–H groups in total. The van der Waals surface area contributed by atoms with Gasteiger partial charge in [-0.2, -0.15) is 0 Å². The van der Waals surface area contributed by atoms with Crippen molar-refractivity contribution < 1.29 is 9.84 Å². The third kappa shape index (κ3) is 4.02. The minimum absolute atomic E-state index is 0.237. The zero-order valence-electron chi connectivity index (χ0n) is 12.4. The molecule has 0 heterocycles. The average Bonchev–Trinajstić information content (AvgIpc) is 2.17. The first-order valence-corrected chi connectivity index (χ1v) is 6.66. The third-order valence-corrected chi connectivity index (χ3v) is 3.15. The van der Waals surface area contributed by atoms with Crippen molar-refractivity contribution in [2.24, 2.45) is 11.3 Å². The first-order valence-electron chi connectivity index (χ1n) is 6.66. The van der Waals surface area contributed by atoms with Crippen molar-refractivity contribution in [1.82, 2.24) is 0 Å². The molecule has 0 bridgehead atoms. The molecule has 1 rings (SSSR count). The summed E-state index contributed by atoms with van der Waals surface area (Å²) in [5.74, 6) is 1.82. The lowest BCUT2D eigenvalue weighted by atomic mass is 9.70. The Balaban J connectivity index is 2.95. The molecule has 2 heteroatoms. The van der Waals surface area contributed by atoms with Crippen LogP contribution in [0, 0.1) is 11.3 Å². The minimum Gasteiger partial charge on any atom is -0.465 e. The standard InChI is InChI=1S/C16H26O2/c1-11(2)15(16(4,5)6)13-7-9-14(10-8-13)18-12(3)17/h7-12,15,17H,1-6H3. The molecular weight excluding hydrogens is 224 g/mol. The Labute approximate surface area is 111 Å². The molecule has 18 heavy (non-hydrogen) atoms. The molecule has 1 aromatic carbocycles. The predicted octanol–water partition coefficient (Wildman–Crippen LogP) is 4.19. The fourth-order valence-corrected chi connectivity index (χ4v) is 2.84. The summed E-state index contributed by atoms with van der Waals surface area (Å²) in [7, 11) is 0. The molecule has 0 radical (unpaired) electrons. The zero-order chi connectivity index (χ0) is 13.9. The minimum atomic E-state index is -0.764. The zero-order valence-corrected chi connectivity index (χ0v) is 12.4. The van der Waals surface area contributed by atoms with Gasteiger partial charge in [-0.25, -0.2) is 0 Å². The van der Waals surface area contributed by atoms with E-state index >= 15 is 0 Å². The normalized spacial score (nSPS) is 15.6. The van der Waals surface area contributed by atoms with Crippen molar-refractivity contribution in [1.29, 1.82) is 0 Å². The van der Waals surface area contributed by atoms with E-state index in [2.05, 4.69) is 46.8 Å². The molecule has 0 fully saturated rings. The Bertz CT molecular complexity index is 358. The summed E-state index contributed by atoms with van der Waals surface area (Å²) in [6.07, 6.45) is -0.764. The highest BCUT2D eigenvalue weighted by atomic mass is 16.6. The van der Waals surface area contributed by atoms with Crippen molar-refractivity contribution >= 4 is 0 Å². The van der Waals surface area contributed by atoms with E-state index in [9.17, 15) is 5.11 Å². The highest BCUT2D eigenvalue weighted by Crippen LogP contribution is 2.40. The van der Waals surface area contributed by atoms with Gasteiger partial charge in [0.15, 0.2) is 6.29 Å². The summed E-state index contributed by atoms with van der Waals surface area (Å²) in [6, 6.07) is 8.08. The topological polar surface area (TPSA) is 29.5 Å². The largest absolute Gasteiger partial charge is 0.465 e. The number of aliphatic hydroxyl groups excluding tert-OH is 1. The summed E-state index contributed by atoms with van der Waals surface area (Å²) in [5.41, 5.74) is 1.57. The van der Waals surface area contributed by atoms with Gasteiger partial charge < -0.3 is 9.84 Å². The van der Waals surface area contributed by atoms with Crippen LogP contribution in [0.2, 0.25) is 0 Å². The van der Waals surface area contributed by atoms with Crippen LogP contribution in [0.25, 0.3) is 0 Å². The molecule has 0 aliphatic rings. The molecule has 2 nitrogen and oxygen atoms in total. The van der Waals surface area contributed by atoms with E-state index in [0.717, 1.165) is 0 Å². The van der Waals surface area contributed by atoms with E-state index in [1.54, 1.807) is 6.92 Å². The summed E-state index contributed by atoms with van der Waals surface area (Å²) in [4.78, 5) is 0. The smallest absolute Gasteiger partial charge is 0.194 e. The Morgan fingerprint density at radius 1 is 1.00 bits per heavy atom. The van der Waals surface area contributed by atoms with Crippen LogP contribution in [0.5, 0.6) is 5.75 Å². The predicted molar refractivity (Wildman–Crippen MR) is 75.8 cm³/mol. The molecule has 0 aliphatic carbocycles. The molecule has 0 amide bonds. The maximum absolute atomic E-state index is 9.18. The molecule has 0 aromatic heterocycles. The Hall–Kier alpha value is -1.02. The van der Waals surface area contributed by atoms with Crippen LogP contribution in [0.15, 0.2) is 24.3 Å². The summed E-state index contributed by atoms with van der Waals surface area (Å²) < 4.78 is 5.25. The van der Waals surface area contributed by atoms with Crippen LogP contribution in [0.3, 0.4) is 0 Å². The van der Waals surface area contributed by atoms with Crippen LogP contribution in [-0.2, 0) is 0 Å². The van der Waals surface area contributed by atoms with Crippen LogP contribution in [0.1, 0.15) is 53.0 Å². The SMILES string of the molecule is CC(O)Oc1ccc(C(C(C)C)C(C)(C)C)cc1. The van der Waals surface area contributed by atoms with Gasteiger partial charge in [0.05, 0.1) is 0 Å². The van der Waals surface area contributed by atoms with Gasteiger partial charge in [0, 0.05) is 0 Å². The fourth-order valence-electron chi connectivity index (χ4n) is 2.84. The third-order valence-electron chi connectivity index (χ3n) is 3.15. The number of hydrogen-bond acceptors (Lipinski definition) is 2. The van der Waals surface area contributed by atoms with Crippen molar-refractivity contribution in [2.45, 2.75) is 53.8 Å². The van der Waals surface area contributed by atoms with Crippen molar-refractivity contribution in [2.75, 3.05) is 0 Å². The summed E-state index contributed by atoms with van der Waals surface area (Å²) in [5, 5.41) is 9.18. The number of aliphatic hydroxyl groups is 1. The fraction of sp³-hybridized carbons (Fsp3) is 0.625. The quantitative estimate of drug-likeness (QED) is 0.812. The maximum Gasteiger partial charge on any atom is 0.194 e. The van der Waals surface area contributed by atoms with Gasteiger partial charge >= 0.3 is 0 Å². The number of hydrogen-bond donors (Lipinski definition) is 1. The van der Waals surface area contributed by atoms with Crippen molar-refractivity contribution in [3.63, 3.8) is 0 Å². The first kappa shape index (κ1) is 15.0. The molecule has 0 saturated carbocycles.